The Balaban J connectivity index is 1.44. The van der Waals surface area contributed by atoms with Crippen LogP contribution in [0.1, 0.15) is 68.3 Å². The van der Waals surface area contributed by atoms with Gasteiger partial charge in [0.05, 0.1) is 33.7 Å². The van der Waals surface area contributed by atoms with Crippen molar-refractivity contribution in [1.29, 1.82) is 0 Å². The van der Waals surface area contributed by atoms with E-state index in [1.54, 1.807) is 18.2 Å². The summed E-state index contributed by atoms with van der Waals surface area (Å²) in [5.41, 5.74) is 5.17. The molecule has 8 nitrogen and oxygen atoms in total. The molecule has 1 aliphatic heterocycles. The van der Waals surface area contributed by atoms with Crippen molar-refractivity contribution in [2.24, 2.45) is 10.4 Å². The van der Waals surface area contributed by atoms with Crippen LogP contribution in [-0.4, -0.2) is 41.4 Å². The second kappa shape index (κ2) is 11.1. The first-order valence-corrected chi connectivity index (χ1v) is 15.0. The van der Waals surface area contributed by atoms with Crippen LogP contribution >= 0.6 is 0 Å². The predicted molar refractivity (Wildman–Crippen MR) is 166 cm³/mol. The number of aliphatic imine (C=N–C) groups is 1. The van der Waals surface area contributed by atoms with Crippen LogP contribution in [0.2, 0.25) is 0 Å². The van der Waals surface area contributed by atoms with E-state index in [1.165, 1.54) is 0 Å². The number of carbonyl (C=O) groups excluding carboxylic acids is 3. The molecule has 0 bridgehead atoms. The summed E-state index contributed by atoms with van der Waals surface area (Å²) in [4.78, 5) is 51.3. The van der Waals surface area contributed by atoms with Gasteiger partial charge in [0.15, 0.2) is 0 Å². The van der Waals surface area contributed by atoms with Gasteiger partial charge in [0, 0.05) is 41.5 Å². The molecule has 0 atom stereocenters. The molecule has 8 heteroatoms. The fourth-order valence-electron chi connectivity index (χ4n) is 6.58. The number of hydrogen-bond acceptors (Lipinski definition) is 5. The third kappa shape index (κ3) is 4.85. The highest BCUT2D eigenvalue weighted by Crippen LogP contribution is 2.46. The van der Waals surface area contributed by atoms with E-state index in [1.807, 2.05) is 37.4 Å². The Morgan fingerprint density at radius 1 is 1.00 bits per heavy atom. The number of nitrogens with one attached hydrogen (secondary N) is 3. The average molecular weight is 564 g/mol. The SMILES string of the molecule is CCN(CC)c1ccc(N=C2C=C(NC(=O)c3ccc(C)cc3)C(=O)C3=C2NC(=O)C2(CCCCC2)C3)c2[nH]ccc12. The number of aromatic nitrogens is 1. The summed E-state index contributed by atoms with van der Waals surface area (Å²) in [5, 5.41) is 7.00. The molecule has 2 amide bonds. The summed E-state index contributed by atoms with van der Waals surface area (Å²) in [5.74, 6) is -0.666. The normalized spacial score (nSPS) is 19.1. The fourth-order valence-corrected chi connectivity index (χ4v) is 6.58. The number of benzene rings is 2. The Bertz CT molecular complexity index is 1660. The van der Waals surface area contributed by atoms with Gasteiger partial charge in [-0.1, -0.05) is 37.0 Å². The van der Waals surface area contributed by atoms with Gasteiger partial charge in [-0.15, -0.1) is 0 Å². The molecule has 1 aromatic heterocycles. The first-order chi connectivity index (χ1) is 20.3. The van der Waals surface area contributed by atoms with Crippen molar-refractivity contribution in [1.82, 2.24) is 15.6 Å². The van der Waals surface area contributed by atoms with Crippen LogP contribution in [0.3, 0.4) is 0 Å². The number of hydrogen-bond donors (Lipinski definition) is 3. The highest BCUT2D eigenvalue weighted by Gasteiger charge is 2.47. The first-order valence-electron chi connectivity index (χ1n) is 15.0. The second-order valence-corrected chi connectivity index (χ2v) is 11.6. The zero-order valence-electron chi connectivity index (χ0n) is 24.5. The lowest BCUT2D eigenvalue weighted by Gasteiger charge is -2.41. The maximum absolute atomic E-state index is 13.9. The number of H-pyrrole nitrogens is 1. The summed E-state index contributed by atoms with van der Waals surface area (Å²) < 4.78 is 0. The summed E-state index contributed by atoms with van der Waals surface area (Å²) in [6.45, 7) is 7.98. The molecule has 3 aromatic rings. The molecule has 6 rings (SSSR count). The largest absolute Gasteiger partial charge is 0.372 e. The van der Waals surface area contributed by atoms with Gasteiger partial charge in [-0.25, -0.2) is 4.99 Å². The monoisotopic (exact) mass is 563 g/mol. The topological polar surface area (TPSA) is 107 Å². The molecule has 0 unspecified atom stereocenters. The van der Waals surface area contributed by atoms with Crippen molar-refractivity contribution in [3.8, 4) is 0 Å². The molecule has 1 spiro atoms. The minimum Gasteiger partial charge on any atom is -0.372 e. The Morgan fingerprint density at radius 3 is 2.45 bits per heavy atom. The number of fused-ring (bicyclic) bond motifs is 1. The number of Topliss-reactive ketones (excluding diaryl/α,β-unsaturated/α-hetero) is 1. The molecule has 0 saturated heterocycles. The molecule has 3 aliphatic rings. The van der Waals surface area contributed by atoms with Gasteiger partial charge in [-0.3, -0.25) is 14.4 Å². The number of rotatable bonds is 6. The van der Waals surface area contributed by atoms with Gasteiger partial charge in [0.1, 0.15) is 0 Å². The summed E-state index contributed by atoms with van der Waals surface area (Å²) in [7, 11) is 0. The molecule has 3 N–H and O–H groups in total. The summed E-state index contributed by atoms with van der Waals surface area (Å²) in [6.07, 6.45) is 8.36. The van der Waals surface area contributed by atoms with Gasteiger partial charge in [0.25, 0.3) is 5.91 Å². The number of carbonyl (C=O) groups is 3. The van der Waals surface area contributed by atoms with Crippen LogP contribution in [0.4, 0.5) is 11.4 Å². The van der Waals surface area contributed by atoms with E-state index in [-0.39, 0.29) is 23.3 Å². The second-order valence-electron chi connectivity index (χ2n) is 11.6. The molecule has 2 heterocycles. The molecule has 216 valence electrons. The number of amides is 2. The van der Waals surface area contributed by atoms with Gasteiger partial charge in [-0.2, -0.15) is 0 Å². The standard InChI is InChI=1S/C34H37N5O3/c1-4-39(5-2)28-14-13-25(29-23(28)15-18-35-29)36-26-19-27(37-32(41)22-11-9-21(3)10-12-22)31(40)24-20-34(16-7-6-8-17-34)33(42)38-30(24)26/h9-15,18-19,35H,4-8,16-17,20H2,1-3H3,(H,37,41)(H,38,42). The Kier molecular flexibility index (Phi) is 7.31. The first kappa shape index (κ1) is 27.7. The Morgan fingerprint density at radius 2 is 1.74 bits per heavy atom. The van der Waals surface area contributed by atoms with E-state index in [2.05, 4.69) is 40.4 Å². The average Bonchev–Trinajstić information content (AvgIpc) is 3.50. The van der Waals surface area contributed by atoms with Gasteiger partial charge >= 0.3 is 0 Å². The van der Waals surface area contributed by atoms with Crippen molar-refractivity contribution in [2.75, 3.05) is 18.0 Å². The molecular formula is C34H37N5O3. The molecule has 2 aliphatic carbocycles. The van der Waals surface area contributed by atoms with Crippen LogP contribution in [0.15, 0.2) is 76.7 Å². The molecule has 0 radical (unpaired) electrons. The van der Waals surface area contributed by atoms with Crippen LogP contribution in [0.25, 0.3) is 10.9 Å². The number of allylic oxidation sites excluding steroid dienone is 2. The van der Waals surface area contributed by atoms with Crippen LogP contribution in [-0.2, 0) is 9.59 Å². The lowest BCUT2D eigenvalue weighted by atomic mass is 9.66. The Labute approximate surface area is 246 Å². The minimum absolute atomic E-state index is 0.0381. The quantitative estimate of drug-likeness (QED) is 0.319. The van der Waals surface area contributed by atoms with Crippen molar-refractivity contribution in [3.05, 3.63) is 82.8 Å². The van der Waals surface area contributed by atoms with Crippen molar-refractivity contribution < 1.29 is 14.4 Å². The van der Waals surface area contributed by atoms with Gasteiger partial charge in [-0.05, 0) is 76.4 Å². The van der Waals surface area contributed by atoms with E-state index in [9.17, 15) is 14.4 Å². The van der Waals surface area contributed by atoms with E-state index in [0.717, 1.165) is 67.3 Å². The maximum atomic E-state index is 13.9. The lowest BCUT2D eigenvalue weighted by molar-refractivity contribution is -0.133. The third-order valence-corrected chi connectivity index (χ3v) is 8.99. The Hall–Kier alpha value is -4.46. The van der Waals surface area contributed by atoms with Crippen molar-refractivity contribution in [2.45, 2.75) is 59.3 Å². The number of nitrogens with zero attached hydrogens (tertiary/aromatic N) is 2. The highest BCUT2D eigenvalue weighted by molar-refractivity contribution is 6.27. The van der Waals surface area contributed by atoms with E-state index < -0.39 is 5.41 Å². The van der Waals surface area contributed by atoms with Crippen molar-refractivity contribution >= 4 is 45.6 Å². The molecule has 1 fully saturated rings. The zero-order chi connectivity index (χ0) is 29.4. The smallest absolute Gasteiger partial charge is 0.255 e. The lowest BCUT2D eigenvalue weighted by Crippen LogP contribution is -2.50. The molecule has 42 heavy (non-hydrogen) atoms. The molecular weight excluding hydrogens is 526 g/mol. The van der Waals surface area contributed by atoms with Crippen molar-refractivity contribution in [3.63, 3.8) is 0 Å². The number of anilines is 1. The van der Waals surface area contributed by atoms with E-state index in [4.69, 9.17) is 4.99 Å². The maximum Gasteiger partial charge on any atom is 0.255 e. The number of aromatic amines is 1. The molecule has 2 aromatic carbocycles. The highest BCUT2D eigenvalue weighted by atomic mass is 16.2. The van der Waals surface area contributed by atoms with Gasteiger partial charge < -0.3 is 20.5 Å². The van der Waals surface area contributed by atoms with Crippen LogP contribution in [0, 0.1) is 12.3 Å². The minimum atomic E-state index is -0.598. The van der Waals surface area contributed by atoms with E-state index >= 15 is 0 Å². The summed E-state index contributed by atoms with van der Waals surface area (Å²) in [6, 6.07) is 13.3. The fraction of sp³-hybridized carbons (Fsp3) is 0.353. The van der Waals surface area contributed by atoms with E-state index in [0.29, 0.717) is 34.7 Å². The zero-order valence-corrected chi connectivity index (χ0v) is 24.5. The van der Waals surface area contributed by atoms with Crippen LogP contribution in [0.5, 0.6) is 0 Å². The predicted octanol–water partition coefficient (Wildman–Crippen LogP) is 6.02. The third-order valence-electron chi connectivity index (χ3n) is 8.99. The molecule has 1 saturated carbocycles. The van der Waals surface area contributed by atoms with Crippen LogP contribution < -0.4 is 15.5 Å². The number of ketones is 1. The number of aryl methyl sites for hydroxylation is 1. The summed E-state index contributed by atoms with van der Waals surface area (Å²) >= 11 is 0. The van der Waals surface area contributed by atoms with Gasteiger partial charge in [0.2, 0.25) is 11.7 Å².